The Morgan fingerprint density at radius 2 is 2.20 bits per heavy atom. The number of carbonyl (C=O) groups is 1. The molecule has 2 N–H and O–H groups in total. The maximum Gasteiger partial charge on any atom is 0.315 e. The average molecular weight is 347 g/mol. The molecule has 0 unspecified atom stereocenters. The SMILES string of the molecule is C[C@H](NC(=O)NCc1ccnc(N2CCN(C)CC2)c1)[C@H]1CCCO1. The lowest BCUT2D eigenvalue weighted by molar-refractivity contribution is 0.0860. The smallest absolute Gasteiger partial charge is 0.315 e. The van der Waals surface area contributed by atoms with Gasteiger partial charge in [-0.3, -0.25) is 0 Å². The van der Waals surface area contributed by atoms with Crippen LogP contribution in [0.3, 0.4) is 0 Å². The molecule has 0 spiro atoms. The van der Waals surface area contributed by atoms with Crippen molar-refractivity contribution < 1.29 is 9.53 Å². The zero-order valence-electron chi connectivity index (χ0n) is 15.2. The highest BCUT2D eigenvalue weighted by molar-refractivity contribution is 5.74. The summed E-state index contributed by atoms with van der Waals surface area (Å²) in [7, 11) is 2.14. The number of rotatable bonds is 5. The summed E-state index contributed by atoms with van der Waals surface area (Å²) in [6.07, 6.45) is 4.04. The van der Waals surface area contributed by atoms with E-state index in [4.69, 9.17) is 4.74 Å². The van der Waals surface area contributed by atoms with Crippen LogP contribution in [0.5, 0.6) is 0 Å². The second kappa shape index (κ2) is 8.49. The van der Waals surface area contributed by atoms with E-state index in [1.165, 1.54) is 0 Å². The molecule has 25 heavy (non-hydrogen) atoms. The quantitative estimate of drug-likeness (QED) is 0.838. The molecule has 0 saturated carbocycles. The van der Waals surface area contributed by atoms with Crippen LogP contribution in [0.2, 0.25) is 0 Å². The number of likely N-dealkylation sites (N-methyl/N-ethyl adjacent to an activating group) is 1. The summed E-state index contributed by atoms with van der Waals surface area (Å²) in [5.74, 6) is 0.987. The fourth-order valence-electron chi connectivity index (χ4n) is 3.31. The molecule has 7 heteroatoms. The van der Waals surface area contributed by atoms with Gasteiger partial charge in [-0.05, 0) is 44.5 Å². The molecule has 0 aromatic carbocycles. The minimum absolute atomic E-state index is 0.0286. The first-order valence-electron chi connectivity index (χ1n) is 9.16. The molecule has 2 amide bonds. The van der Waals surface area contributed by atoms with Gasteiger partial charge in [0.25, 0.3) is 0 Å². The molecular weight excluding hydrogens is 318 g/mol. The third-order valence-corrected chi connectivity index (χ3v) is 4.97. The first kappa shape index (κ1) is 17.9. The Morgan fingerprint density at radius 1 is 1.40 bits per heavy atom. The van der Waals surface area contributed by atoms with Crippen molar-refractivity contribution in [3.63, 3.8) is 0 Å². The first-order chi connectivity index (χ1) is 12.1. The Hall–Kier alpha value is -1.86. The molecule has 1 aromatic rings. The van der Waals surface area contributed by atoms with Crippen LogP contribution in [0, 0.1) is 0 Å². The molecule has 0 radical (unpaired) electrons. The molecule has 3 heterocycles. The van der Waals surface area contributed by atoms with Crippen molar-refractivity contribution in [2.75, 3.05) is 44.7 Å². The fourth-order valence-corrected chi connectivity index (χ4v) is 3.31. The molecule has 2 fully saturated rings. The third-order valence-electron chi connectivity index (χ3n) is 4.97. The van der Waals surface area contributed by atoms with Crippen LogP contribution >= 0.6 is 0 Å². The molecular formula is C18H29N5O2. The summed E-state index contributed by atoms with van der Waals surface area (Å²) < 4.78 is 5.61. The van der Waals surface area contributed by atoms with E-state index in [1.54, 1.807) is 0 Å². The van der Waals surface area contributed by atoms with Gasteiger partial charge in [0.1, 0.15) is 5.82 Å². The van der Waals surface area contributed by atoms with Crippen LogP contribution in [0.15, 0.2) is 18.3 Å². The van der Waals surface area contributed by atoms with Crippen LogP contribution in [0.25, 0.3) is 0 Å². The van der Waals surface area contributed by atoms with Crippen LogP contribution in [-0.4, -0.2) is 67.9 Å². The minimum atomic E-state index is -0.152. The predicted molar refractivity (Wildman–Crippen MR) is 97.8 cm³/mol. The van der Waals surface area contributed by atoms with E-state index in [0.717, 1.165) is 57.0 Å². The summed E-state index contributed by atoms with van der Waals surface area (Å²) in [5, 5.41) is 5.90. The predicted octanol–water partition coefficient (Wildman–Crippen LogP) is 1.20. The van der Waals surface area contributed by atoms with Gasteiger partial charge in [0, 0.05) is 45.5 Å². The Bertz CT molecular complexity index is 568. The first-order valence-corrected chi connectivity index (χ1v) is 9.16. The number of hydrogen-bond acceptors (Lipinski definition) is 5. The minimum Gasteiger partial charge on any atom is -0.376 e. The van der Waals surface area contributed by atoms with Gasteiger partial charge in [-0.2, -0.15) is 0 Å². The number of nitrogens with one attached hydrogen (secondary N) is 2. The number of carbonyl (C=O) groups excluding carboxylic acids is 1. The lowest BCUT2D eigenvalue weighted by Gasteiger charge is -2.33. The van der Waals surface area contributed by atoms with Gasteiger partial charge >= 0.3 is 6.03 Å². The van der Waals surface area contributed by atoms with Crippen molar-refractivity contribution in [1.82, 2.24) is 20.5 Å². The summed E-state index contributed by atoms with van der Waals surface area (Å²) in [4.78, 5) is 21.2. The van der Waals surface area contributed by atoms with E-state index in [0.29, 0.717) is 6.54 Å². The fraction of sp³-hybridized carbons (Fsp3) is 0.667. The molecule has 7 nitrogen and oxygen atoms in total. The van der Waals surface area contributed by atoms with Gasteiger partial charge in [0.2, 0.25) is 0 Å². The Labute approximate surface area is 149 Å². The highest BCUT2D eigenvalue weighted by atomic mass is 16.5. The number of urea groups is 1. The van der Waals surface area contributed by atoms with E-state index in [9.17, 15) is 4.79 Å². The van der Waals surface area contributed by atoms with E-state index in [2.05, 4.69) is 38.5 Å². The number of amides is 2. The molecule has 0 bridgehead atoms. The normalized spacial score (nSPS) is 22.6. The highest BCUT2D eigenvalue weighted by Gasteiger charge is 2.23. The van der Waals surface area contributed by atoms with Gasteiger partial charge in [-0.1, -0.05) is 0 Å². The summed E-state index contributed by atoms with van der Waals surface area (Å²) >= 11 is 0. The zero-order valence-corrected chi connectivity index (χ0v) is 15.2. The van der Waals surface area contributed by atoms with Gasteiger partial charge in [0.05, 0.1) is 12.1 Å². The number of nitrogens with zero attached hydrogens (tertiary/aromatic N) is 3. The number of ether oxygens (including phenoxy) is 1. The van der Waals surface area contributed by atoms with Crippen molar-refractivity contribution in [2.24, 2.45) is 0 Å². The van der Waals surface area contributed by atoms with Crippen molar-refractivity contribution in [1.29, 1.82) is 0 Å². The second-order valence-electron chi connectivity index (χ2n) is 6.98. The Morgan fingerprint density at radius 3 is 2.92 bits per heavy atom. The Balaban J connectivity index is 1.47. The molecule has 1 aromatic heterocycles. The van der Waals surface area contributed by atoms with Crippen molar-refractivity contribution in [2.45, 2.75) is 38.5 Å². The van der Waals surface area contributed by atoms with E-state index >= 15 is 0 Å². The number of pyridine rings is 1. The van der Waals surface area contributed by atoms with Crippen molar-refractivity contribution >= 4 is 11.8 Å². The van der Waals surface area contributed by atoms with E-state index in [-0.39, 0.29) is 18.2 Å². The highest BCUT2D eigenvalue weighted by Crippen LogP contribution is 2.16. The maximum atomic E-state index is 12.1. The van der Waals surface area contributed by atoms with Crippen molar-refractivity contribution in [3.8, 4) is 0 Å². The molecule has 2 saturated heterocycles. The lowest BCUT2D eigenvalue weighted by Crippen LogP contribution is -2.45. The molecule has 0 aliphatic carbocycles. The molecule has 2 aliphatic rings. The van der Waals surface area contributed by atoms with Crippen molar-refractivity contribution in [3.05, 3.63) is 23.9 Å². The van der Waals surface area contributed by atoms with E-state index in [1.807, 2.05) is 19.2 Å². The number of hydrogen-bond donors (Lipinski definition) is 2. The molecule has 138 valence electrons. The monoisotopic (exact) mass is 347 g/mol. The topological polar surface area (TPSA) is 69.7 Å². The van der Waals surface area contributed by atoms with Crippen LogP contribution in [-0.2, 0) is 11.3 Å². The van der Waals surface area contributed by atoms with Gasteiger partial charge in [0.15, 0.2) is 0 Å². The summed E-state index contributed by atoms with van der Waals surface area (Å²) in [6, 6.07) is 3.89. The van der Waals surface area contributed by atoms with E-state index < -0.39 is 0 Å². The molecule has 2 atom stereocenters. The van der Waals surface area contributed by atoms with Crippen LogP contribution in [0.1, 0.15) is 25.3 Å². The van der Waals surface area contributed by atoms with Gasteiger partial charge in [-0.15, -0.1) is 0 Å². The standard InChI is InChI=1S/C18H29N5O2/c1-14(16-4-3-11-25-16)21-18(24)20-13-15-5-6-19-17(12-15)23-9-7-22(2)8-10-23/h5-6,12,14,16H,3-4,7-11,13H2,1-2H3,(H2,20,21,24)/t14-,16+/m0/s1. The number of piperazine rings is 1. The lowest BCUT2D eigenvalue weighted by atomic mass is 10.1. The van der Waals surface area contributed by atoms with Gasteiger partial charge < -0.3 is 25.2 Å². The number of anilines is 1. The van der Waals surface area contributed by atoms with Crippen LogP contribution < -0.4 is 15.5 Å². The average Bonchev–Trinajstić information content (AvgIpc) is 3.16. The van der Waals surface area contributed by atoms with Crippen LogP contribution in [0.4, 0.5) is 10.6 Å². The Kier molecular flexibility index (Phi) is 6.09. The summed E-state index contributed by atoms with van der Waals surface area (Å²) in [6.45, 7) is 7.35. The molecule has 3 rings (SSSR count). The largest absolute Gasteiger partial charge is 0.376 e. The third kappa shape index (κ3) is 5.06. The number of aromatic nitrogens is 1. The maximum absolute atomic E-state index is 12.1. The molecule has 2 aliphatic heterocycles. The van der Waals surface area contributed by atoms with Gasteiger partial charge in [-0.25, -0.2) is 9.78 Å². The zero-order chi connectivity index (χ0) is 17.6. The second-order valence-corrected chi connectivity index (χ2v) is 6.98. The summed E-state index contributed by atoms with van der Waals surface area (Å²) in [5.41, 5.74) is 1.06.